The molecule has 1 unspecified atom stereocenters. The molecule has 112 valence electrons. The maximum absolute atomic E-state index is 10.9. The second-order valence-corrected chi connectivity index (χ2v) is 5.11. The summed E-state index contributed by atoms with van der Waals surface area (Å²) in [6, 6.07) is 5.53. The lowest BCUT2D eigenvalue weighted by Gasteiger charge is -2.15. The summed E-state index contributed by atoms with van der Waals surface area (Å²) in [5, 5.41) is 12.2. The number of aliphatic carboxylic acids is 1. The summed E-state index contributed by atoms with van der Waals surface area (Å²) in [6.07, 6.45) is -0.914. The molecule has 0 spiro atoms. The van der Waals surface area contributed by atoms with E-state index in [1.807, 2.05) is 12.1 Å². The minimum absolute atomic E-state index is 0.450. The minimum atomic E-state index is -1.00. The van der Waals surface area contributed by atoms with Crippen LogP contribution >= 0.6 is 0 Å². The number of carbonyl (C=O) groups is 1. The highest BCUT2D eigenvalue weighted by Gasteiger charge is 2.15. The standard InChI is InChI=1S/C15H23NO4/c1-10(2)8-16-9-12-5-6-13(19-4)14(7-12)20-11(3)15(17)18/h5-7,10-11,16H,8-9H2,1-4H3,(H,17,18). The van der Waals surface area contributed by atoms with Gasteiger partial charge in [0.2, 0.25) is 0 Å². The molecule has 1 aromatic rings. The van der Waals surface area contributed by atoms with Crippen LogP contribution in [0.4, 0.5) is 0 Å². The van der Waals surface area contributed by atoms with Crippen molar-refractivity contribution in [2.75, 3.05) is 13.7 Å². The third-order valence-electron chi connectivity index (χ3n) is 2.76. The summed E-state index contributed by atoms with van der Waals surface area (Å²) in [5.74, 6) is 0.559. The number of hydrogen-bond donors (Lipinski definition) is 2. The number of methoxy groups -OCH3 is 1. The van der Waals surface area contributed by atoms with E-state index in [1.54, 1.807) is 6.07 Å². The Morgan fingerprint density at radius 2 is 2.00 bits per heavy atom. The second-order valence-electron chi connectivity index (χ2n) is 5.11. The first-order chi connectivity index (χ1) is 9.43. The van der Waals surface area contributed by atoms with Crippen molar-refractivity contribution in [3.05, 3.63) is 23.8 Å². The van der Waals surface area contributed by atoms with Crippen molar-refractivity contribution in [3.63, 3.8) is 0 Å². The van der Waals surface area contributed by atoms with Crippen molar-refractivity contribution >= 4 is 5.97 Å². The molecule has 0 aromatic heterocycles. The SMILES string of the molecule is COc1ccc(CNCC(C)C)cc1OC(C)C(=O)O. The molecule has 1 atom stereocenters. The number of carboxylic acids is 1. The third kappa shape index (κ3) is 5.09. The van der Waals surface area contributed by atoms with Crippen LogP contribution in [0.1, 0.15) is 26.3 Å². The largest absolute Gasteiger partial charge is 0.493 e. The summed E-state index contributed by atoms with van der Waals surface area (Å²) >= 11 is 0. The van der Waals surface area contributed by atoms with Crippen molar-refractivity contribution in [1.82, 2.24) is 5.32 Å². The molecule has 5 nitrogen and oxygen atoms in total. The number of carboxylic acid groups (broad SMARTS) is 1. The lowest BCUT2D eigenvalue weighted by Crippen LogP contribution is -2.23. The molecule has 0 aliphatic heterocycles. The van der Waals surface area contributed by atoms with Crippen LogP contribution in [0.3, 0.4) is 0 Å². The fourth-order valence-corrected chi connectivity index (χ4v) is 1.67. The van der Waals surface area contributed by atoms with E-state index in [9.17, 15) is 4.79 Å². The number of benzene rings is 1. The maximum atomic E-state index is 10.9. The Kier molecular flexibility index (Phi) is 6.31. The average Bonchev–Trinajstić information content (AvgIpc) is 2.38. The van der Waals surface area contributed by atoms with E-state index in [2.05, 4.69) is 19.2 Å². The molecule has 0 aliphatic carbocycles. The van der Waals surface area contributed by atoms with Gasteiger partial charge < -0.3 is 19.9 Å². The van der Waals surface area contributed by atoms with Gasteiger partial charge in [-0.1, -0.05) is 19.9 Å². The van der Waals surface area contributed by atoms with Gasteiger partial charge in [0.05, 0.1) is 7.11 Å². The molecule has 0 radical (unpaired) electrons. The number of rotatable bonds is 8. The predicted molar refractivity (Wildman–Crippen MR) is 77.3 cm³/mol. The Hall–Kier alpha value is -1.75. The molecule has 1 rings (SSSR count). The van der Waals surface area contributed by atoms with Crippen molar-refractivity contribution in [3.8, 4) is 11.5 Å². The fourth-order valence-electron chi connectivity index (χ4n) is 1.67. The first-order valence-electron chi connectivity index (χ1n) is 6.71. The summed E-state index contributed by atoms with van der Waals surface area (Å²) in [5.41, 5.74) is 1.03. The lowest BCUT2D eigenvalue weighted by molar-refractivity contribution is -0.144. The number of hydrogen-bond acceptors (Lipinski definition) is 4. The van der Waals surface area contributed by atoms with Crippen LogP contribution < -0.4 is 14.8 Å². The van der Waals surface area contributed by atoms with Crippen molar-refractivity contribution < 1.29 is 19.4 Å². The van der Waals surface area contributed by atoms with Gasteiger partial charge in [0.25, 0.3) is 0 Å². The van der Waals surface area contributed by atoms with Gasteiger partial charge in [0, 0.05) is 6.54 Å². The maximum Gasteiger partial charge on any atom is 0.344 e. The van der Waals surface area contributed by atoms with Gasteiger partial charge in [-0.25, -0.2) is 4.79 Å². The van der Waals surface area contributed by atoms with Gasteiger partial charge in [-0.05, 0) is 37.1 Å². The van der Waals surface area contributed by atoms with Crippen LogP contribution in [0.5, 0.6) is 11.5 Å². The molecule has 0 saturated heterocycles. The molecule has 0 heterocycles. The first-order valence-corrected chi connectivity index (χ1v) is 6.71. The average molecular weight is 281 g/mol. The summed E-state index contributed by atoms with van der Waals surface area (Å²) in [7, 11) is 1.53. The van der Waals surface area contributed by atoms with E-state index < -0.39 is 12.1 Å². The van der Waals surface area contributed by atoms with Crippen LogP contribution in [0.2, 0.25) is 0 Å². The van der Waals surface area contributed by atoms with E-state index in [1.165, 1.54) is 14.0 Å². The van der Waals surface area contributed by atoms with E-state index >= 15 is 0 Å². The molecule has 0 bridgehead atoms. The van der Waals surface area contributed by atoms with Crippen molar-refractivity contribution in [2.45, 2.75) is 33.4 Å². The van der Waals surface area contributed by atoms with Crippen LogP contribution in [0.15, 0.2) is 18.2 Å². The zero-order chi connectivity index (χ0) is 15.1. The molecule has 0 saturated carbocycles. The van der Waals surface area contributed by atoms with Crippen molar-refractivity contribution in [1.29, 1.82) is 0 Å². The van der Waals surface area contributed by atoms with Gasteiger partial charge in [-0.3, -0.25) is 0 Å². The lowest BCUT2D eigenvalue weighted by atomic mass is 10.1. The van der Waals surface area contributed by atoms with Gasteiger partial charge >= 0.3 is 5.97 Å². The minimum Gasteiger partial charge on any atom is -0.493 e. The molecule has 0 aliphatic rings. The molecule has 20 heavy (non-hydrogen) atoms. The summed E-state index contributed by atoms with van der Waals surface area (Å²) in [4.78, 5) is 10.9. The molecule has 1 aromatic carbocycles. The van der Waals surface area contributed by atoms with E-state index in [0.717, 1.165) is 12.1 Å². The van der Waals surface area contributed by atoms with Crippen LogP contribution in [0.25, 0.3) is 0 Å². The third-order valence-corrected chi connectivity index (χ3v) is 2.76. The zero-order valence-electron chi connectivity index (χ0n) is 12.5. The highest BCUT2D eigenvalue weighted by atomic mass is 16.5. The highest BCUT2D eigenvalue weighted by Crippen LogP contribution is 2.29. The zero-order valence-corrected chi connectivity index (χ0v) is 12.5. The quantitative estimate of drug-likeness (QED) is 0.765. The molecule has 0 fully saturated rings. The Bertz CT molecular complexity index is 445. The molecule has 5 heteroatoms. The Balaban J connectivity index is 2.77. The van der Waals surface area contributed by atoms with Crippen LogP contribution in [-0.4, -0.2) is 30.8 Å². The van der Waals surface area contributed by atoms with Gasteiger partial charge in [-0.2, -0.15) is 0 Å². The van der Waals surface area contributed by atoms with Gasteiger partial charge in [0.1, 0.15) is 0 Å². The smallest absolute Gasteiger partial charge is 0.344 e. The van der Waals surface area contributed by atoms with E-state index in [4.69, 9.17) is 14.6 Å². The summed E-state index contributed by atoms with van der Waals surface area (Å²) in [6.45, 7) is 7.41. The number of nitrogens with one attached hydrogen (secondary N) is 1. The Morgan fingerprint density at radius 1 is 1.30 bits per heavy atom. The summed E-state index contributed by atoms with van der Waals surface area (Å²) < 4.78 is 10.6. The topological polar surface area (TPSA) is 67.8 Å². The number of ether oxygens (including phenoxy) is 2. The normalized spacial score (nSPS) is 12.2. The highest BCUT2D eigenvalue weighted by molar-refractivity contribution is 5.72. The van der Waals surface area contributed by atoms with Crippen LogP contribution in [-0.2, 0) is 11.3 Å². The molecule has 2 N–H and O–H groups in total. The molecule has 0 amide bonds. The Morgan fingerprint density at radius 3 is 2.55 bits per heavy atom. The Labute approximate surface area is 119 Å². The van der Waals surface area contributed by atoms with Gasteiger partial charge in [-0.15, -0.1) is 0 Å². The van der Waals surface area contributed by atoms with E-state index in [0.29, 0.717) is 24.0 Å². The van der Waals surface area contributed by atoms with Gasteiger partial charge in [0.15, 0.2) is 17.6 Å². The van der Waals surface area contributed by atoms with Crippen molar-refractivity contribution in [2.24, 2.45) is 5.92 Å². The monoisotopic (exact) mass is 281 g/mol. The molecular weight excluding hydrogens is 258 g/mol. The second kappa shape index (κ2) is 7.75. The fraction of sp³-hybridized carbons (Fsp3) is 0.533. The predicted octanol–water partition coefficient (Wildman–Crippen LogP) is 2.29. The van der Waals surface area contributed by atoms with Crippen LogP contribution in [0, 0.1) is 5.92 Å². The first kappa shape index (κ1) is 16.3. The van der Waals surface area contributed by atoms with E-state index in [-0.39, 0.29) is 0 Å². The molecular formula is C15H23NO4.